The highest BCUT2D eigenvalue weighted by atomic mass is 31.1. The molecule has 0 bridgehead atoms. The van der Waals surface area contributed by atoms with Crippen LogP contribution in [0.15, 0.2) is 43.0 Å². The second-order valence-electron chi connectivity index (χ2n) is 6.66. The van der Waals surface area contributed by atoms with Crippen molar-refractivity contribution in [3.8, 4) is 0 Å². The first-order valence-electron chi connectivity index (χ1n) is 9.26. The van der Waals surface area contributed by atoms with Gasteiger partial charge >= 0.3 is 8.25 Å². The van der Waals surface area contributed by atoms with Crippen molar-refractivity contribution in [2.45, 2.75) is 24.5 Å². The van der Waals surface area contributed by atoms with E-state index in [1.807, 2.05) is 0 Å². The second-order valence-corrected chi connectivity index (χ2v) is 7.43. The van der Waals surface area contributed by atoms with Gasteiger partial charge in [0.25, 0.3) is 5.91 Å². The molecule has 0 spiro atoms. The maximum absolute atomic E-state index is 12.5. The number of nitrogens with one attached hydrogen (secondary N) is 1. The van der Waals surface area contributed by atoms with E-state index < -0.39 is 39.4 Å². The Hall–Kier alpha value is -2.73. The van der Waals surface area contributed by atoms with E-state index in [-0.39, 0.29) is 11.7 Å². The van der Waals surface area contributed by atoms with E-state index in [0.29, 0.717) is 16.7 Å². The zero-order valence-corrected chi connectivity index (χ0v) is 17.3. The molecule has 0 aliphatic carbocycles. The van der Waals surface area contributed by atoms with E-state index in [0.717, 1.165) is 0 Å². The van der Waals surface area contributed by atoms with Crippen molar-refractivity contribution in [1.82, 2.24) is 19.5 Å². The molecule has 3 N–H and O–H groups in total. The van der Waals surface area contributed by atoms with Crippen LogP contribution in [0, 0.1) is 0 Å². The highest BCUT2D eigenvalue weighted by Gasteiger charge is 2.48. The van der Waals surface area contributed by atoms with Gasteiger partial charge in [-0.3, -0.25) is 13.9 Å². The fourth-order valence-corrected chi connectivity index (χ4v) is 4.01. The van der Waals surface area contributed by atoms with E-state index in [2.05, 4.69) is 20.3 Å². The number of hydrogen-bond donors (Lipinski definition) is 3. The SMILES string of the molecule is COC1C(O[PH](=O)O)C(CO)OC1n1cnc2c(NC(=O)c3ccccc3)ncnc21. The molecule has 164 valence electrons. The monoisotopic (exact) mass is 449 g/mol. The van der Waals surface area contributed by atoms with Crippen LogP contribution in [0.1, 0.15) is 16.6 Å². The van der Waals surface area contributed by atoms with Gasteiger partial charge in [-0.25, -0.2) is 15.0 Å². The summed E-state index contributed by atoms with van der Waals surface area (Å²) in [6.45, 7) is -0.448. The molecule has 1 amide bonds. The van der Waals surface area contributed by atoms with Gasteiger partial charge in [0.2, 0.25) is 0 Å². The summed E-state index contributed by atoms with van der Waals surface area (Å²) in [7, 11) is -1.91. The van der Waals surface area contributed by atoms with Crippen LogP contribution >= 0.6 is 8.25 Å². The molecule has 1 aliphatic heterocycles. The number of nitrogens with zero attached hydrogens (tertiary/aromatic N) is 4. The first-order valence-corrected chi connectivity index (χ1v) is 10.5. The number of fused-ring (bicyclic) bond motifs is 1. The number of carbonyl (C=O) groups excluding carboxylic acids is 1. The van der Waals surface area contributed by atoms with Crippen LogP contribution in [0.25, 0.3) is 11.2 Å². The van der Waals surface area contributed by atoms with Gasteiger partial charge in [-0.05, 0) is 12.1 Å². The van der Waals surface area contributed by atoms with Crippen molar-refractivity contribution in [2.24, 2.45) is 0 Å². The molecule has 3 aromatic rings. The Morgan fingerprint density at radius 2 is 2.03 bits per heavy atom. The third-order valence-electron chi connectivity index (χ3n) is 4.88. The minimum absolute atomic E-state index is 0.205. The van der Waals surface area contributed by atoms with Crippen molar-refractivity contribution >= 4 is 31.1 Å². The predicted molar refractivity (Wildman–Crippen MR) is 108 cm³/mol. The summed E-state index contributed by atoms with van der Waals surface area (Å²) in [5, 5.41) is 12.3. The smallest absolute Gasteiger partial charge is 0.317 e. The van der Waals surface area contributed by atoms with Crippen LogP contribution in [-0.2, 0) is 18.6 Å². The van der Waals surface area contributed by atoms with Gasteiger partial charge in [0.15, 0.2) is 23.2 Å². The van der Waals surface area contributed by atoms with Crippen LogP contribution in [0.5, 0.6) is 0 Å². The van der Waals surface area contributed by atoms with E-state index in [1.54, 1.807) is 30.3 Å². The summed E-state index contributed by atoms with van der Waals surface area (Å²) in [5.74, 6) is -0.152. The molecule has 1 aromatic carbocycles. The molecule has 2 aromatic heterocycles. The predicted octanol–water partition coefficient (Wildman–Crippen LogP) is 0.750. The molecule has 31 heavy (non-hydrogen) atoms. The Morgan fingerprint density at radius 3 is 2.71 bits per heavy atom. The summed E-state index contributed by atoms with van der Waals surface area (Å²) in [6, 6.07) is 8.64. The standard InChI is InChI=1S/C18H20N5O7P/c1-28-14-13(30-31(26)27)11(7-24)29-18(14)23-9-21-12-15(19-8-20-16(12)23)22-17(25)10-5-3-2-4-6-10/h2-6,8-9,11,13-14,18,24,31H,7H2,1H3,(H,26,27)(H,19,20,22,25). The van der Waals surface area contributed by atoms with Crippen molar-refractivity contribution < 1.29 is 33.4 Å². The summed E-state index contributed by atoms with van der Waals surface area (Å²) >= 11 is 0. The number of ether oxygens (including phenoxy) is 2. The normalized spacial score (nSPS) is 24.4. The number of methoxy groups -OCH3 is 1. The maximum Gasteiger partial charge on any atom is 0.317 e. The largest absolute Gasteiger partial charge is 0.394 e. The lowest BCUT2D eigenvalue weighted by Gasteiger charge is -2.22. The number of rotatable bonds is 7. The molecule has 3 heterocycles. The zero-order chi connectivity index (χ0) is 22.0. The van der Waals surface area contributed by atoms with E-state index in [9.17, 15) is 19.4 Å². The number of aromatic nitrogens is 4. The summed E-state index contributed by atoms with van der Waals surface area (Å²) < 4.78 is 29.1. The van der Waals surface area contributed by atoms with Gasteiger partial charge in [-0.1, -0.05) is 18.2 Å². The Kier molecular flexibility index (Phi) is 6.37. The van der Waals surface area contributed by atoms with Crippen molar-refractivity contribution in [1.29, 1.82) is 0 Å². The lowest BCUT2D eigenvalue weighted by molar-refractivity contribution is -0.0583. The molecule has 5 unspecified atom stereocenters. The van der Waals surface area contributed by atoms with Crippen LogP contribution in [0.2, 0.25) is 0 Å². The Morgan fingerprint density at radius 1 is 1.26 bits per heavy atom. The summed E-state index contributed by atoms with van der Waals surface area (Å²) in [6.07, 6.45) is -0.867. The van der Waals surface area contributed by atoms with Gasteiger partial charge in [0.1, 0.15) is 24.6 Å². The first-order chi connectivity index (χ1) is 15.0. The fraction of sp³-hybridized carbons (Fsp3) is 0.333. The lowest BCUT2D eigenvalue weighted by Crippen LogP contribution is -2.35. The highest BCUT2D eigenvalue weighted by molar-refractivity contribution is 7.32. The molecule has 1 fully saturated rings. The number of carbonyl (C=O) groups is 1. The molecule has 4 rings (SSSR count). The molecule has 1 saturated heterocycles. The molecular formula is C18H20N5O7P. The summed E-state index contributed by atoms with van der Waals surface area (Å²) in [4.78, 5) is 34.3. The van der Waals surface area contributed by atoms with Crippen molar-refractivity contribution in [3.63, 3.8) is 0 Å². The van der Waals surface area contributed by atoms with Crippen LogP contribution in [0.3, 0.4) is 0 Å². The second kappa shape index (κ2) is 9.18. The number of imidazole rings is 1. The van der Waals surface area contributed by atoms with Gasteiger partial charge in [0.05, 0.1) is 12.9 Å². The Balaban J connectivity index is 1.66. The maximum atomic E-state index is 12.5. The quantitative estimate of drug-likeness (QED) is 0.440. The van der Waals surface area contributed by atoms with Crippen LogP contribution in [-0.4, -0.2) is 67.5 Å². The number of anilines is 1. The molecule has 1 aliphatic rings. The molecule has 12 nitrogen and oxygen atoms in total. The third-order valence-corrected chi connectivity index (χ3v) is 5.35. The Labute approximate surface area is 176 Å². The summed E-state index contributed by atoms with van der Waals surface area (Å²) in [5.41, 5.74) is 1.10. The highest BCUT2D eigenvalue weighted by Crippen LogP contribution is 2.38. The number of aliphatic hydroxyl groups is 1. The zero-order valence-electron chi connectivity index (χ0n) is 16.3. The number of hydrogen-bond acceptors (Lipinski definition) is 9. The van der Waals surface area contributed by atoms with E-state index >= 15 is 0 Å². The average Bonchev–Trinajstić information content (AvgIpc) is 3.35. The molecule has 5 atom stereocenters. The van der Waals surface area contributed by atoms with Gasteiger partial charge in [0, 0.05) is 12.7 Å². The first kappa shape index (κ1) is 21.5. The third kappa shape index (κ3) is 4.22. The van der Waals surface area contributed by atoms with Crippen molar-refractivity contribution in [3.05, 3.63) is 48.5 Å². The van der Waals surface area contributed by atoms with Gasteiger partial charge < -0.3 is 29.3 Å². The molecule has 13 heteroatoms. The minimum Gasteiger partial charge on any atom is -0.394 e. The lowest BCUT2D eigenvalue weighted by atomic mass is 10.1. The van der Waals surface area contributed by atoms with Crippen LogP contribution < -0.4 is 5.32 Å². The van der Waals surface area contributed by atoms with E-state index in [1.165, 1.54) is 24.3 Å². The number of amides is 1. The topological polar surface area (TPSA) is 158 Å². The molecular weight excluding hydrogens is 429 g/mol. The van der Waals surface area contributed by atoms with Crippen molar-refractivity contribution in [2.75, 3.05) is 19.0 Å². The Bertz CT molecular complexity index is 1100. The molecule has 0 radical (unpaired) electrons. The number of aliphatic hydroxyl groups excluding tert-OH is 1. The molecule has 0 saturated carbocycles. The average molecular weight is 449 g/mol. The van der Waals surface area contributed by atoms with Gasteiger partial charge in [-0.15, -0.1) is 0 Å². The minimum atomic E-state index is -3.30. The van der Waals surface area contributed by atoms with Gasteiger partial charge in [-0.2, -0.15) is 0 Å². The fourth-order valence-electron chi connectivity index (χ4n) is 3.49. The van der Waals surface area contributed by atoms with E-state index in [4.69, 9.17) is 14.0 Å². The van der Waals surface area contributed by atoms with Crippen LogP contribution in [0.4, 0.5) is 5.82 Å². The number of benzene rings is 1.